The van der Waals surface area contributed by atoms with Gasteiger partial charge in [-0.15, -0.1) is 0 Å². The lowest BCUT2D eigenvalue weighted by atomic mass is 10.2. The highest BCUT2D eigenvalue weighted by Crippen LogP contribution is 2.27. The minimum atomic E-state index is 0.872. The molecule has 0 aliphatic rings. The average molecular weight is 306 g/mol. The summed E-state index contributed by atoms with van der Waals surface area (Å²) in [7, 11) is 3.74. The molecule has 2 rings (SSSR count). The number of rotatable bonds is 4. The summed E-state index contributed by atoms with van der Waals surface area (Å²) < 4.78 is 5.24. The first-order valence-corrected chi connectivity index (χ1v) is 6.89. The van der Waals surface area contributed by atoms with Crippen molar-refractivity contribution in [2.24, 2.45) is 0 Å². The van der Waals surface area contributed by atoms with Crippen LogP contribution in [0.3, 0.4) is 0 Å². The maximum atomic E-state index is 5.24. The molecule has 0 aromatic heterocycles. The SMILES string of the molecule is COc1cccc(N(C)c2ccc(CBr)cc2)c1. The lowest BCUT2D eigenvalue weighted by Crippen LogP contribution is -2.09. The van der Waals surface area contributed by atoms with Crippen LogP contribution in [0.25, 0.3) is 0 Å². The van der Waals surface area contributed by atoms with E-state index < -0.39 is 0 Å². The van der Waals surface area contributed by atoms with Gasteiger partial charge < -0.3 is 9.64 Å². The van der Waals surface area contributed by atoms with Gasteiger partial charge in [0, 0.05) is 29.8 Å². The van der Waals surface area contributed by atoms with Gasteiger partial charge in [0.05, 0.1) is 7.11 Å². The highest BCUT2D eigenvalue weighted by Gasteiger charge is 2.04. The second-order valence-corrected chi connectivity index (χ2v) is 4.62. The molecule has 0 saturated heterocycles. The summed E-state index contributed by atoms with van der Waals surface area (Å²) in [5.74, 6) is 0.872. The van der Waals surface area contributed by atoms with Crippen molar-refractivity contribution in [2.45, 2.75) is 5.33 Å². The van der Waals surface area contributed by atoms with Crippen LogP contribution in [0, 0.1) is 0 Å². The standard InChI is InChI=1S/C15H16BrNO/c1-17(13-8-6-12(11-16)7-9-13)14-4-3-5-15(10-14)18-2/h3-10H,11H2,1-2H3. The Labute approximate surface area is 116 Å². The molecule has 2 nitrogen and oxygen atoms in total. The molecule has 0 N–H and O–H groups in total. The largest absolute Gasteiger partial charge is 0.497 e. The van der Waals surface area contributed by atoms with Crippen LogP contribution in [0.2, 0.25) is 0 Å². The zero-order valence-electron chi connectivity index (χ0n) is 10.6. The number of ether oxygens (including phenoxy) is 1. The number of hydrogen-bond acceptors (Lipinski definition) is 2. The normalized spacial score (nSPS) is 10.2. The first kappa shape index (κ1) is 13.0. The minimum absolute atomic E-state index is 0.872. The molecule has 2 aromatic carbocycles. The lowest BCUT2D eigenvalue weighted by molar-refractivity contribution is 0.415. The van der Waals surface area contributed by atoms with Gasteiger partial charge in [-0.25, -0.2) is 0 Å². The summed E-state index contributed by atoms with van der Waals surface area (Å²) in [6, 6.07) is 16.5. The van der Waals surface area contributed by atoms with Gasteiger partial charge in [0.1, 0.15) is 5.75 Å². The molecule has 0 bridgehead atoms. The van der Waals surface area contributed by atoms with Gasteiger partial charge in [0.15, 0.2) is 0 Å². The van der Waals surface area contributed by atoms with E-state index in [1.165, 1.54) is 5.56 Å². The van der Waals surface area contributed by atoms with Crippen LogP contribution in [-0.2, 0) is 5.33 Å². The number of benzene rings is 2. The van der Waals surface area contributed by atoms with E-state index in [9.17, 15) is 0 Å². The van der Waals surface area contributed by atoms with E-state index in [1.54, 1.807) is 7.11 Å². The Morgan fingerprint density at radius 1 is 1.06 bits per heavy atom. The number of halogens is 1. The third-order valence-electron chi connectivity index (χ3n) is 2.92. The number of anilines is 2. The highest BCUT2D eigenvalue weighted by atomic mass is 79.9. The lowest BCUT2D eigenvalue weighted by Gasteiger charge is -2.20. The highest BCUT2D eigenvalue weighted by molar-refractivity contribution is 9.08. The maximum absolute atomic E-state index is 5.24. The summed E-state index contributed by atoms with van der Waals surface area (Å²) in [6.45, 7) is 0. The van der Waals surface area contributed by atoms with Crippen molar-refractivity contribution >= 4 is 27.3 Å². The van der Waals surface area contributed by atoms with Crippen LogP contribution in [0.15, 0.2) is 48.5 Å². The fraction of sp³-hybridized carbons (Fsp3) is 0.200. The Bertz CT molecular complexity index is 510. The molecule has 0 saturated carbocycles. The third kappa shape index (κ3) is 2.85. The summed E-state index contributed by atoms with van der Waals surface area (Å²) in [4.78, 5) is 2.14. The zero-order valence-corrected chi connectivity index (χ0v) is 12.1. The second-order valence-electron chi connectivity index (χ2n) is 4.06. The average Bonchev–Trinajstić information content (AvgIpc) is 2.46. The monoisotopic (exact) mass is 305 g/mol. The van der Waals surface area contributed by atoms with Crippen LogP contribution in [0.4, 0.5) is 11.4 Å². The van der Waals surface area contributed by atoms with Crippen molar-refractivity contribution < 1.29 is 4.74 Å². The Hall–Kier alpha value is -1.48. The zero-order chi connectivity index (χ0) is 13.0. The van der Waals surface area contributed by atoms with E-state index in [2.05, 4.69) is 58.2 Å². The quantitative estimate of drug-likeness (QED) is 0.778. The van der Waals surface area contributed by atoms with E-state index >= 15 is 0 Å². The Morgan fingerprint density at radius 2 is 1.78 bits per heavy atom. The number of hydrogen-bond donors (Lipinski definition) is 0. The fourth-order valence-corrected chi connectivity index (χ4v) is 2.15. The first-order chi connectivity index (χ1) is 8.74. The predicted molar refractivity (Wildman–Crippen MR) is 80.1 cm³/mol. The smallest absolute Gasteiger partial charge is 0.120 e. The van der Waals surface area contributed by atoms with Gasteiger partial charge in [-0.1, -0.05) is 34.1 Å². The molecule has 0 heterocycles. The Kier molecular flexibility index (Phi) is 4.26. The van der Waals surface area contributed by atoms with E-state index in [1.807, 2.05) is 18.2 Å². The molecule has 94 valence electrons. The van der Waals surface area contributed by atoms with E-state index in [-0.39, 0.29) is 0 Å². The van der Waals surface area contributed by atoms with E-state index in [4.69, 9.17) is 4.74 Å². The van der Waals surface area contributed by atoms with Gasteiger partial charge in [0.2, 0.25) is 0 Å². The molecule has 0 unspecified atom stereocenters. The molecular formula is C15H16BrNO. The van der Waals surface area contributed by atoms with Crippen LogP contribution in [0.1, 0.15) is 5.56 Å². The molecule has 2 aromatic rings. The summed E-state index contributed by atoms with van der Waals surface area (Å²) >= 11 is 3.45. The molecule has 0 aliphatic heterocycles. The van der Waals surface area contributed by atoms with Gasteiger partial charge in [-0.3, -0.25) is 0 Å². The fourth-order valence-electron chi connectivity index (χ4n) is 1.78. The van der Waals surface area contributed by atoms with Crippen LogP contribution in [0.5, 0.6) is 5.75 Å². The Morgan fingerprint density at radius 3 is 2.39 bits per heavy atom. The second kappa shape index (κ2) is 5.91. The van der Waals surface area contributed by atoms with Crippen LogP contribution >= 0.6 is 15.9 Å². The molecule has 0 fully saturated rings. The molecule has 18 heavy (non-hydrogen) atoms. The topological polar surface area (TPSA) is 12.5 Å². The maximum Gasteiger partial charge on any atom is 0.120 e. The van der Waals surface area contributed by atoms with Crippen molar-refractivity contribution in [1.29, 1.82) is 0 Å². The number of nitrogens with zero attached hydrogens (tertiary/aromatic N) is 1. The predicted octanol–water partition coefficient (Wildman–Crippen LogP) is 4.36. The molecule has 0 atom stereocenters. The summed E-state index contributed by atoms with van der Waals surface area (Å²) in [6.07, 6.45) is 0. The van der Waals surface area contributed by atoms with Gasteiger partial charge in [-0.2, -0.15) is 0 Å². The first-order valence-electron chi connectivity index (χ1n) is 5.77. The number of alkyl halides is 1. The van der Waals surface area contributed by atoms with Crippen molar-refractivity contribution in [3.63, 3.8) is 0 Å². The minimum Gasteiger partial charge on any atom is -0.497 e. The van der Waals surface area contributed by atoms with Gasteiger partial charge >= 0.3 is 0 Å². The summed E-state index contributed by atoms with van der Waals surface area (Å²) in [5.41, 5.74) is 3.55. The van der Waals surface area contributed by atoms with Gasteiger partial charge in [0.25, 0.3) is 0 Å². The van der Waals surface area contributed by atoms with Gasteiger partial charge in [-0.05, 0) is 29.8 Å². The van der Waals surface area contributed by atoms with Crippen LogP contribution in [-0.4, -0.2) is 14.2 Å². The molecule has 0 radical (unpaired) electrons. The molecule has 0 amide bonds. The molecule has 0 spiro atoms. The van der Waals surface area contributed by atoms with Crippen molar-refractivity contribution in [3.8, 4) is 5.75 Å². The van der Waals surface area contributed by atoms with E-state index in [0.717, 1.165) is 22.5 Å². The van der Waals surface area contributed by atoms with E-state index in [0.29, 0.717) is 0 Å². The van der Waals surface area contributed by atoms with Crippen molar-refractivity contribution in [1.82, 2.24) is 0 Å². The molecule has 3 heteroatoms. The summed E-state index contributed by atoms with van der Waals surface area (Å²) in [5, 5.41) is 0.885. The number of methoxy groups -OCH3 is 1. The molecular weight excluding hydrogens is 290 g/mol. The van der Waals surface area contributed by atoms with Crippen LogP contribution < -0.4 is 9.64 Å². The van der Waals surface area contributed by atoms with Crippen molar-refractivity contribution in [3.05, 3.63) is 54.1 Å². The van der Waals surface area contributed by atoms with Crippen molar-refractivity contribution in [2.75, 3.05) is 19.1 Å². The molecule has 0 aliphatic carbocycles. The third-order valence-corrected chi connectivity index (χ3v) is 3.57. The Balaban J connectivity index is 2.25.